The van der Waals surface area contributed by atoms with Crippen LogP contribution in [0.25, 0.3) is 0 Å². The van der Waals surface area contributed by atoms with Crippen LogP contribution in [0.5, 0.6) is 0 Å². The molecule has 0 spiro atoms. The maximum absolute atomic E-state index is 12.4. The lowest BCUT2D eigenvalue weighted by molar-refractivity contribution is -0.135. The minimum atomic E-state index is 0.171. The van der Waals surface area contributed by atoms with Crippen molar-refractivity contribution in [1.82, 2.24) is 14.7 Å². The highest BCUT2D eigenvalue weighted by Crippen LogP contribution is 2.13. The average Bonchev–Trinajstić information content (AvgIpc) is 2.65. The maximum atomic E-state index is 12.4. The fourth-order valence-electron chi connectivity index (χ4n) is 3.48. The molecule has 1 aromatic carbocycles. The van der Waals surface area contributed by atoms with Crippen LogP contribution in [0.3, 0.4) is 0 Å². The summed E-state index contributed by atoms with van der Waals surface area (Å²) in [5.74, 6) is 0.415. The number of carbonyl (C=O) groups is 2. The number of piperidine rings is 1. The highest BCUT2D eigenvalue weighted by molar-refractivity contribution is 9.10. The molecule has 2 aliphatic rings. The molecule has 25 heavy (non-hydrogen) atoms. The van der Waals surface area contributed by atoms with E-state index in [2.05, 4.69) is 20.8 Å². The second kappa shape index (κ2) is 8.81. The quantitative estimate of drug-likeness (QED) is 0.767. The number of hydrogen-bond acceptors (Lipinski definition) is 3. The maximum Gasteiger partial charge on any atom is 0.236 e. The Labute approximate surface area is 158 Å². The first-order chi connectivity index (χ1) is 12.1. The van der Waals surface area contributed by atoms with E-state index < -0.39 is 0 Å². The van der Waals surface area contributed by atoms with Crippen molar-refractivity contribution in [3.8, 4) is 0 Å². The monoisotopic (exact) mass is 407 g/mol. The molecule has 2 fully saturated rings. The third kappa shape index (κ3) is 5.28. The summed E-state index contributed by atoms with van der Waals surface area (Å²) in [6, 6.07) is 7.89. The molecule has 0 bridgehead atoms. The number of carbonyl (C=O) groups excluding carboxylic acids is 2. The molecule has 2 aliphatic heterocycles. The van der Waals surface area contributed by atoms with Crippen LogP contribution >= 0.6 is 15.9 Å². The highest BCUT2D eigenvalue weighted by atomic mass is 79.9. The van der Waals surface area contributed by atoms with Gasteiger partial charge in [-0.1, -0.05) is 28.1 Å². The number of likely N-dealkylation sites (tertiary alicyclic amines) is 1. The number of nitrogens with zero attached hydrogens (tertiary/aromatic N) is 3. The van der Waals surface area contributed by atoms with E-state index in [1.54, 1.807) is 0 Å². The normalized spacial score (nSPS) is 19.1. The van der Waals surface area contributed by atoms with E-state index in [9.17, 15) is 9.59 Å². The van der Waals surface area contributed by atoms with Crippen molar-refractivity contribution in [3.05, 3.63) is 34.3 Å². The van der Waals surface area contributed by atoms with Gasteiger partial charge in [0.15, 0.2) is 0 Å². The van der Waals surface area contributed by atoms with Crippen LogP contribution in [-0.4, -0.2) is 72.3 Å². The number of amides is 2. The average molecular weight is 408 g/mol. The third-order valence-corrected chi connectivity index (χ3v) is 5.59. The molecular formula is C19H26BrN3O2. The summed E-state index contributed by atoms with van der Waals surface area (Å²) in [5.41, 5.74) is 1.04. The summed E-state index contributed by atoms with van der Waals surface area (Å²) < 4.78 is 1.02. The summed E-state index contributed by atoms with van der Waals surface area (Å²) in [4.78, 5) is 30.9. The van der Waals surface area contributed by atoms with Gasteiger partial charge in [-0.25, -0.2) is 0 Å². The standard InChI is InChI=1S/C19H26BrN3O2/c20-17-6-4-16(5-7-17)14-18(24)23-12-10-21(11-13-23)15-19(25)22-8-2-1-3-9-22/h4-7H,1-3,8-15H2. The molecule has 1 aromatic rings. The molecule has 0 unspecified atom stereocenters. The minimum absolute atomic E-state index is 0.171. The van der Waals surface area contributed by atoms with Crippen molar-refractivity contribution < 1.29 is 9.59 Å². The molecule has 0 atom stereocenters. The van der Waals surface area contributed by atoms with Crippen LogP contribution in [0, 0.1) is 0 Å². The zero-order valence-electron chi connectivity index (χ0n) is 14.6. The smallest absolute Gasteiger partial charge is 0.236 e. The molecule has 136 valence electrons. The van der Waals surface area contributed by atoms with Crippen molar-refractivity contribution >= 4 is 27.7 Å². The topological polar surface area (TPSA) is 43.9 Å². The number of hydrogen-bond donors (Lipinski definition) is 0. The molecule has 2 saturated heterocycles. The molecule has 0 saturated carbocycles. The van der Waals surface area contributed by atoms with Gasteiger partial charge < -0.3 is 9.80 Å². The van der Waals surface area contributed by atoms with Crippen LogP contribution in [-0.2, 0) is 16.0 Å². The number of piperazine rings is 1. The Hall–Kier alpha value is -1.40. The Balaban J connectivity index is 1.42. The summed E-state index contributed by atoms with van der Waals surface area (Å²) in [5, 5.41) is 0. The Morgan fingerprint density at radius 1 is 0.800 bits per heavy atom. The Morgan fingerprint density at radius 2 is 1.40 bits per heavy atom. The van der Waals surface area contributed by atoms with Crippen molar-refractivity contribution in [2.75, 3.05) is 45.8 Å². The van der Waals surface area contributed by atoms with Crippen LogP contribution in [0.1, 0.15) is 24.8 Å². The largest absolute Gasteiger partial charge is 0.342 e. The van der Waals surface area contributed by atoms with Gasteiger partial charge in [-0.15, -0.1) is 0 Å². The Morgan fingerprint density at radius 3 is 2.04 bits per heavy atom. The van der Waals surface area contributed by atoms with Crippen LogP contribution < -0.4 is 0 Å². The van der Waals surface area contributed by atoms with Gasteiger partial charge in [-0.3, -0.25) is 14.5 Å². The lowest BCUT2D eigenvalue weighted by atomic mass is 10.1. The minimum Gasteiger partial charge on any atom is -0.342 e. The molecule has 0 aliphatic carbocycles. The summed E-state index contributed by atoms with van der Waals surface area (Å²) in [7, 11) is 0. The van der Waals surface area contributed by atoms with Crippen molar-refractivity contribution in [2.45, 2.75) is 25.7 Å². The van der Waals surface area contributed by atoms with E-state index in [-0.39, 0.29) is 11.8 Å². The molecule has 2 heterocycles. The summed E-state index contributed by atoms with van der Waals surface area (Å²) in [6.07, 6.45) is 3.94. The first-order valence-corrected chi connectivity index (χ1v) is 9.93. The third-order valence-electron chi connectivity index (χ3n) is 5.06. The van der Waals surface area contributed by atoms with Gasteiger partial charge in [0.05, 0.1) is 13.0 Å². The van der Waals surface area contributed by atoms with E-state index in [0.717, 1.165) is 49.1 Å². The molecule has 5 nitrogen and oxygen atoms in total. The zero-order chi connectivity index (χ0) is 17.6. The number of benzene rings is 1. The molecular weight excluding hydrogens is 382 g/mol. The molecule has 0 radical (unpaired) electrons. The molecule has 3 rings (SSSR count). The first kappa shape index (κ1) is 18.4. The second-order valence-electron chi connectivity index (χ2n) is 6.90. The SMILES string of the molecule is O=C(Cc1ccc(Br)cc1)N1CCN(CC(=O)N2CCCCC2)CC1. The van der Waals surface area contributed by atoms with Crippen LogP contribution in [0.2, 0.25) is 0 Å². The van der Waals surface area contributed by atoms with Gasteiger partial charge in [0, 0.05) is 43.7 Å². The van der Waals surface area contributed by atoms with Gasteiger partial charge in [0.2, 0.25) is 11.8 Å². The van der Waals surface area contributed by atoms with Crippen LogP contribution in [0.15, 0.2) is 28.7 Å². The van der Waals surface area contributed by atoms with Gasteiger partial charge in [0.25, 0.3) is 0 Å². The number of halogens is 1. The summed E-state index contributed by atoms with van der Waals surface area (Å²) >= 11 is 3.41. The van der Waals surface area contributed by atoms with Crippen molar-refractivity contribution in [2.24, 2.45) is 0 Å². The Bertz CT molecular complexity index is 591. The predicted octanol–water partition coefficient (Wildman–Crippen LogP) is 2.15. The van der Waals surface area contributed by atoms with Gasteiger partial charge in [0.1, 0.15) is 0 Å². The first-order valence-electron chi connectivity index (χ1n) is 9.14. The fraction of sp³-hybridized carbons (Fsp3) is 0.579. The fourth-order valence-corrected chi connectivity index (χ4v) is 3.74. The van der Waals surface area contributed by atoms with Crippen molar-refractivity contribution in [1.29, 1.82) is 0 Å². The molecule has 2 amide bonds. The van der Waals surface area contributed by atoms with Crippen molar-refractivity contribution in [3.63, 3.8) is 0 Å². The summed E-state index contributed by atoms with van der Waals surface area (Å²) in [6.45, 7) is 5.30. The van der Waals surface area contributed by atoms with E-state index in [1.165, 1.54) is 6.42 Å². The predicted molar refractivity (Wildman–Crippen MR) is 101 cm³/mol. The Kier molecular flexibility index (Phi) is 6.48. The van der Waals surface area contributed by atoms with E-state index in [0.29, 0.717) is 26.1 Å². The van der Waals surface area contributed by atoms with Gasteiger partial charge in [-0.05, 0) is 37.0 Å². The lowest BCUT2D eigenvalue weighted by Gasteiger charge is -2.36. The van der Waals surface area contributed by atoms with Gasteiger partial charge in [-0.2, -0.15) is 0 Å². The zero-order valence-corrected chi connectivity index (χ0v) is 16.2. The van der Waals surface area contributed by atoms with Gasteiger partial charge >= 0.3 is 0 Å². The lowest BCUT2D eigenvalue weighted by Crippen LogP contribution is -2.52. The number of rotatable bonds is 4. The second-order valence-corrected chi connectivity index (χ2v) is 7.82. The molecule has 6 heteroatoms. The highest BCUT2D eigenvalue weighted by Gasteiger charge is 2.24. The van der Waals surface area contributed by atoms with E-state index in [1.807, 2.05) is 34.1 Å². The molecule has 0 N–H and O–H groups in total. The van der Waals surface area contributed by atoms with E-state index >= 15 is 0 Å². The van der Waals surface area contributed by atoms with E-state index in [4.69, 9.17) is 0 Å². The van der Waals surface area contributed by atoms with Crippen LogP contribution in [0.4, 0.5) is 0 Å². The molecule has 0 aromatic heterocycles.